The summed E-state index contributed by atoms with van der Waals surface area (Å²) < 4.78 is 5.33. The highest BCUT2D eigenvalue weighted by atomic mass is 16.5. The van der Waals surface area contributed by atoms with Gasteiger partial charge in [-0.15, -0.1) is 0 Å². The number of para-hydroxylation sites is 1. The molecule has 0 fully saturated rings. The molecule has 4 heteroatoms. The number of rotatable bonds is 7. The van der Waals surface area contributed by atoms with Crippen molar-refractivity contribution in [2.45, 2.75) is 25.9 Å². The van der Waals surface area contributed by atoms with Crippen molar-refractivity contribution < 1.29 is 19.7 Å². The molecule has 0 saturated heterocycles. The van der Waals surface area contributed by atoms with E-state index < -0.39 is 6.10 Å². The first-order valence-electron chi connectivity index (χ1n) is 5.73. The van der Waals surface area contributed by atoms with Gasteiger partial charge in [0.15, 0.2) is 5.78 Å². The van der Waals surface area contributed by atoms with Crippen molar-refractivity contribution in [3.05, 3.63) is 29.8 Å². The predicted molar refractivity (Wildman–Crippen MR) is 64.3 cm³/mol. The van der Waals surface area contributed by atoms with E-state index in [2.05, 4.69) is 0 Å². The molecule has 1 aromatic carbocycles. The minimum absolute atomic E-state index is 0.0209. The monoisotopic (exact) mass is 238 g/mol. The van der Waals surface area contributed by atoms with Gasteiger partial charge in [-0.1, -0.05) is 19.1 Å². The summed E-state index contributed by atoms with van der Waals surface area (Å²) in [6.45, 7) is 1.56. The van der Waals surface area contributed by atoms with Crippen LogP contribution in [0.2, 0.25) is 0 Å². The molecular formula is C13H18O4. The Kier molecular flexibility index (Phi) is 5.66. The third kappa shape index (κ3) is 4.17. The second-order valence-corrected chi connectivity index (χ2v) is 3.82. The Morgan fingerprint density at radius 2 is 2.12 bits per heavy atom. The molecule has 0 heterocycles. The molecule has 4 nitrogen and oxygen atoms in total. The molecule has 0 radical (unpaired) electrons. The minimum Gasteiger partial charge on any atom is -0.490 e. The van der Waals surface area contributed by atoms with E-state index in [9.17, 15) is 9.90 Å². The summed E-state index contributed by atoms with van der Waals surface area (Å²) in [5.74, 6) is 0.486. The van der Waals surface area contributed by atoms with E-state index in [1.165, 1.54) is 0 Å². The van der Waals surface area contributed by atoms with Gasteiger partial charge in [0.2, 0.25) is 0 Å². The van der Waals surface area contributed by atoms with Crippen molar-refractivity contribution in [3.63, 3.8) is 0 Å². The van der Waals surface area contributed by atoms with Crippen LogP contribution in [0.3, 0.4) is 0 Å². The fourth-order valence-electron chi connectivity index (χ4n) is 1.42. The highest BCUT2D eigenvalue weighted by Crippen LogP contribution is 2.20. The summed E-state index contributed by atoms with van der Waals surface area (Å²) in [6, 6.07) is 6.94. The number of ketones is 1. The summed E-state index contributed by atoms with van der Waals surface area (Å²) in [7, 11) is 0. The third-order valence-corrected chi connectivity index (χ3v) is 2.31. The van der Waals surface area contributed by atoms with Crippen LogP contribution in [0.25, 0.3) is 0 Å². The first kappa shape index (κ1) is 13.7. The molecule has 0 bridgehead atoms. The summed E-state index contributed by atoms with van der Waals surface area (Å²) in [6.07, 6.45) is 0.333. The molecule has 1 aromatic rings. The minimum atomic E-state index is -0.927. The molecule has 0 spiro atoms. The fraction of sp³-hybridized carbons (Fsp3) is 0.462. The maximum Gasteiger partial charge on any atom is 0.166 e. The fourth-order valence-corrected chi connectivity index (χ4v) is 1.42. The summed E-state index contributed by atoms with van der Waals surface area (Å²) in [5.41, 5.74) is 0.527. The van der Waals surface area contributed by atoms with Crippen molar-refractivity contribution in [2.24, 2.45) is 0 Å². The lowest BCUT2D eigenvalue weighted by molar-refractivity contribution is 0.0531. The second-order valence-electron chi connectivity index (χ2n) is 3.82. The van der Waals surface area contributed by atoms with Crippen molar-refractivity contribution in [3.8, 4) is 5.75 Å². The second kappa shape index (κ2) is 7.04. The average molecular weight is 238 g/mol. The van der Waals surface area contributed by atoms with Gasteiger partial charge in [-0.05, 0) is 18.6 Å². The quantitative estimate of drug-likeness (QED) is 0.705. The van der Waals surface area contributed by atoms with Gasteiger partial charge in [-0.25, -0.2) is 0 Å². The maximum absolute atomic E-state index is 11.8. The van der Waals surface area contributed by atoms with E-state index in [1.54, 1.807) is 24.3 Å². The molecule has 0 aliphatic rings. The standard InChI is InChI=1S/C13H18O4/c1-2-5-12(16)11-6-3-4-7-13(11)17-9-10(15)8-14/h3-4,6-7,10,14-15H,2,5,8-9H2,1H3. The molecule has 0 aliphatic carbocycles. The lowest BCUT2D eigenvalue weighted by atomic mass is 10.1. The van der Waals surface area contributed by atoms with Crippen LogP contribution in [0.1, 0.15) is 30.1 Å². The third-order valence-electron chi connectivity index (χ3n) is 2.31. The number of ether oxygens (including phenoxy) is 1. The van der Waals surface area contributed by atoms with Gasteiger partial charge in [-0.3, -0.25) is 4.79 Å². The molecule has 1 atom stereocenters. The van der Waals surface area contributed by atoms with E-state index in [4.69, 9.17) is 9.84 Å². The van der Waals surface area contributed by atoms with Crippen LogP contribution in [0.15, 0.2) is 24.3 Å². The van der Waals surface area contributed by atoms with E-state index in [-0.39, 0.29) is 19.0 Å². The smallest absolute Gasteiger partial charge is 0.166 e. The lowest BCUT2D eigenvalue weighted by Gasteiger charge is -2.12. The Hall–Kier alpha value is -1.39. The first-order chi connectivity index (χ1) is 8.19. The highest BCUT2D eigenvalue weighted by Gasteiger charge is 2.12. The molecular weight excluding hydrogens is 220 g/mol. The predicted octanol–water partition coefficient (Wildman–Crippen LogP) is 1.40. The van der Waals surface area contributed by atoms with Crippen molar-refractivity contribution in [2.75, 3.05) is 13.2 Å². The average Bonchev–Trinajstić information content (AvgIpc) is 2.36. The topological polar surface area (TPSA) is 66.8 Å². The Bertz CT molecular complexity index is 362. The van der Waals surface area contributed by atoms with Gasteiger partial charge in [0.05, 0.1) is 12.2 Å². The van der Waals surface area contributed by atoms with Crippen LogP contribution in [0.5, 0.6) is 5.75 Å². The van der Waals surface area contributed by atoms with Crippen molar-refractivity contribution in [1.29, 1.82) is 0 Å². The van der Waals surface area contributed by atoms with Crippen LogP contribution in [0.4, 0.5) is 0 Å². The van der Waals surface area contributed by atoms with E-state index >= 15 is 0 Å². The molecule has 0 amide bonds. The summed E-state index contributed by atoms with van der Waals surface area (Å²) in [5, 5.41) is 17.9. The number of carbonyl (C=O) groups excluding carboxylic acids is 1. The van der Waals surface area contributed by atoms with Gasteiger partial charge in [-0.2, -0.15) is 0 Å². The number of hydrogen-bond donors (Lipinski definition) is 2. The number of Topliss-reactive ketones (excluding diaryl/α,β-unsaturated/α-hetero) is 1. The lowest BCUT2D eigenvalue weighted by Crippen LogP contribution is -2.22. The Balaban J connectivity index is 2.74. The summed E-state index contributed by atoms with van der Waals surface area (Å²) >= 11 is 0. The van der Waals surface area contributed by atoms with Gasteiger partial charge in [0.1, 0.15) is 18.5 Å². The zero-order chi connectivity index (χ0) is 12.7. The Morgan fingerprint density at radius 3 is 2.76 bits per heavy atom. The molecule has 0 saturated carbocycles. The highest BCUT2D eigenvalue weighted by molar-refractivity contribution is 5.98. The van der Waals surface area contributed by atoms with E-state index in [1.807, 2.05) is 6.92 Å². The summed E-state index contributed by atoms with van der Waals surface area (Å²) in [4.78, 5) is 11.8. The van der Waals surface area contributed by atoms with Crippen molar-refractivity contribution >= 4 is 5.78 Å². The SMILES string of the molecule is CCCC(=O)c1ccccc1OCC(O)CO. The van der Waals surface area contributed by atoms with Gasteiger partial charge in [0.25, 0.3) is 0 Å². The number of hydrogen-bond acceptors (Lipinski definition) is 4. The normalized spacial score (nSPS) is 12.2. The van der Waals surface area contributed by atoms with Gasteiger partial charge < -0.3 is 14.9 Å². The largest absolute Gasteiger partial charge is 0.490 e. The van der Waals surface area contributed by atoms with Crippen LogP contribution in [-0.2, 0) is 0 Å². The number of aliphatic hydroxyl groups excluding tert-OH is 2. The molecule has 0 aromatic heterocycles. The number of benzene rings is 1. The van der Waals surface area contributed by atoms with Crippen LogP contribution < -0.4 is 4.74 Å². The van der Waals surface area contributed by atoms with E-state index in [0.717, 1.165) is 6.42 Å². The van der Waals surface area contributed by atoms with Crippen LogP contribution in [-0.4, -0.2) is 35.3 Å². The first-order valence-corrected chi connectivity index (χ1v) is 5.73. The molecule has 0 aliphatic heterocycles. The van der Waals surface area contributed by atoms with Gasteiger partial charge >= 0.3 is 0 Å². The molecule has 1 unspecified atom stereocenters. The zero-order valence-electron chi connectivity index (χ0n) is 9.93. The molecule has 1 rings (SSSR count). The Labute approximate surface area is 101 Å². The van der Waals surface area contributed by atoms with Crippen molar-refractivity contribution in [1.82, 2.24) is 0 Å². The zero-order valence-corrected chi connectivity index (χ0v) is 9.93. The number of carbonyl (C=O) groups is 1. The van der Waals surface area contributed by atoms with Crippen LogP contribution in [0, 0.1) is 0 Å². The molecule has 94 valence electrons. The molecule has 2 N–H and O–H groups in total. The number of aliphatic hydroxyl groups is 2. The van der Waals surface area contributed by atoms with Crippen LogP contribution >= 0.6 is 0 Å². The van der Waals surface area contributed by atoms with E-state index in [0.29, 0.717) is 17.7 Å². The maximum atomic E-state index is 11.8. The Morgan fingerprint density at radius 1 is 1.41 bits per heavy atom. The molecule has 17 heavy (non-hydrogen) atoms. The van der Waals surface area contributed by atoms with Gasteiger partial charge in [0, 0.05) is 6.42 Å².